The maximum absolute atomic E-state index is 13.7. The summed E-state index contributed by atoms with van der Waals surface area (Å²) in [5, 5.41) is 3.25. The van der Waals surface area contributed by atoms with Gasteiger partial charge >= 0.3 is 0 Å². The standard InChI is InChI=1S/C26H27Cl2N3O4S/c1-18-6-4-7-20(14-18)16-30(19(2)26(33)29-3)25(32)17-31(23-9-5-8-22(28)15-23)36(34,35)24-12-10-21(27)11-13-24/h4-15,19H,16-17H2,1-3H3,(H,29,33). The Hall–Kier alpha value is -3.07. The molecule has 0 radical (unpaired) electrons. The van der Waals surface area contributed by atoms with E-state index in [1.54, 1.807) is 25.1 Å². The van der Waals surface area contributed by atoms with Crippen LogP contribution in [0.15, 0.2) is 77.7 Å². The number of aryl methyl sites for hydroxylation is 1. The third-order valence-electron chi connectivity index (χ3n) is 5.63. The van der Waals surface area contributed by atoms with E-state index in [0.29, 0.717) is 10.0 Å². The number of halogens is 2. The quantitative estimate of drug-likeness (QED) is 0.422. The minimum absolute atomic E-state index is 0.0377. The van der Waals surface area contributed by atoms with Crippen molar-refractivity contribution in [2.75, 3.05) is 17.9 Å². The van der Waals surface area contributed by atoms with Gasteiger partial charge in [-0.25, -0.2) is 8.42 Å². The van der Waals surface area contributed by atoms with E-state index in [2.05, 4.69) is 5.32 Å². The topological polar surface area (TPSA) is 86.8 Å². The lowest BCUT2D eigenvalue weighted by atomic mass is 10.1. The van der Waals surface area contributed by atoms with Crippen LogP contribution in [0.2, 0.25) is 10.0 Å². The van der Waals surface area contributed by atoms with Crippen molar-refractivity contribution < 1.29 is 18.0 Å². The van der Waals surface area contributed by atoms with Crippen molar-refractivity contribution >= 4 is 50.7 Å². The van der Waals surface area contributed by atoms with E-state index >= 15 is 0 Å². The van der Waals surface area contributed by atoms with Crippen molar-refractivity contribution in [1.29, 1.82) is 0 Å². The SMILES string of the molecule is CNC(=O)C(C)N(Cc1cccc(C)c1)C(=O)CN(c1cccc(Cl)c1)S(=O)(=O)c1ccc(Cl)cc1. The maximum atomic E-state index is 13.7. The summed E-state index contributed by atoms with van der Waals surface area (Å²) in [4.78, 5) is 27.5. The van der Waals surface area contributed by atoms with Crippen LogP contribution in [0.25, 0.3) is 0 Å². The normalized spacial score (nSPS) is 12.0. The third-order valence-corrected chi connectivity index (χ3v) is 7.90. The van der Waals surface area contributed by atoms with Gasteiger partial charge in [-0.05, 0) is 61.9 Å². The molecule has 0 bridgehead atoms. The lowest BCUT2D eigenvalue weighted by Crippen LogP contribution is -2.50. The Morgan fingerprint density at radius 2 is 1.61 bits per heavy atom. The molecule has 10 heteroatoms. The number of carbonyl (C=O) groups excluding carboxylic acids is 2. The predicted molar refractivity (Wildman–Crippen MR) is 143 cm³/mol. The molecule has 0 aromatic heterocycles. The van der Waals surface area contributed by atoms with Crippen LogP contribution in [0.3, 0.4) is 0 Å². The average molecular weight is 548 g/mol. The summed E-state index contributed by atoms with van der Waals surface area (Å²) in [7, 11) is -2.70. The zero-order chi connectivity index (χ0) is 26.5. The highest BCUT2D eigenvalue weighted by atomic mass is 35.5. The fourth-order valence-corrected chi connectivity index (χ4v) is 5.41. The number of rotatable bonds is 9. The molecule has 3 aromatic carbocycles. The van der Waals surface area contributed by atoms with Gasteiger partial charge in [-0.3, -0.25) is 13.9 Å². The zero-order valence-electron chi connectivity index (χ0n) is 20.1. The monoisotopic (exact) mass is 547 g/mol. The van der Waals surface area contributed by atoms with E-state index in [1.807, 2.05) is 31.2 Å². The zero-order valence-corrected chi connectivity index (χ0v) is 22.4. The summed E-state index contributed by atoms with van der Waals surface area (Å²) in [6, 6.07) is 18.6. The molecule has 0 heterocycles. The van der Waals surface area contributed by atoms with Crippen molar-refractivity contribution in [3.05, 3.63) is 94.0 Å². The molecule has 3 aromatic rings. The van der Waals surface area contributed by atoms with E-state index in [4.69, 9.17) is 23.2 Å². The summed E-state index contributed by atoms with van der Waals surface area (Å²) in [5.74, 6) is -0.920. The molecule has 1 N–H and O–H groups in total. The van der Waals surface area contributed by atoms with Gasteiger partial charge in [0.05, 0.1) is 10.6 Å². The first-order chi connectivity index (χ1) is 17.0. The van der Waals surface area contributed by atoms with Gasteiger partial charge in [-0.1, -0.05) is 59.1 Å². The minimum Gasteiger partial charge on any atom is -0.357 e. The molecule has 190 valence electrons. The lowest BCUT2D eigenvalue weighted by molar-refractivity contribution is -0.139. The van der Waals surface area contributed by atoms with Gasteiger partial charge in [0.15, 0.2) is 0 Å². The smallest absolute Gasteiger partial charge is 0.264 e. The fourth-order valence-electron chi connectivity index (χ4n) is 3.69. The number of amides is 2. The van der Waals surface area contributed by atoms with Crippen molar-refractivity contribution in [3.63, 3.8) is 0 Å². The number of sulfonamides is 1. The summed E-state index contributed by atoms with van der Waals surface area (Å²) >= 11 is 12.1. The molecule has 1 unspecified atom stereocenters. The molecular weight excluding hydrogens is 521 g/mol. The summed E-state index contributed by atoms with van der Waals surface area (Å²) in [6.07, 6.45) is 0. The first-order valence-electron chi connectivity index (χ1n) is 11.1. The number of hydrogen-bond acceptors (Lipinski definition) is 4. The molecule has 0 spiro atoms. The van der Waals surface area contributed by atoms with Crippen LogP contribution >= 0.6 is 23.2 Å². The highest BCUT2D eigenvalue weighted by Gasteiger charge is 2.32. The molecule has 2 amide bonds. The molecule has 0 fully saturated rings. The van der Waals surface area contributed by atoms with Gasteiger partial charge in [0, 0.05) is 23.6 Å². The molecule has 0 saturated heterocycles. The molecule has 0 saturated carbocycles. The number of hydrogen-bond donors (Lipinski definition) is 1. The van der Waals surface area contributed by atoms with Crippen LogP contribution in [0, 0.1) is 6.92 Å². The second-order valence-electron chi connectivity index (χ2n) is 8.25. The van der Waals surface area contributed by atoms with Gasteiger partial charge in [-0.15, -0.1) is 0 Å². The van der Waals surface area contributed by atoms with E-state index < -0.39 is 28.5 Å². The molecule has 3 rings (SSSR count). The third kappa shape index (κ3) is 6.57. The van der Waals surface area contributed by atoms with Crippen LogP contribution < -0.4 is 9.62 Å². The van der Waals surface area contributed by atoms with Crippen molar-refractivity contribution in [1.82, 2.24) is 10.2 Å². The Morgan fingerprint density at radius 1 is 0.944 bits per heavy atom. The van der Waals surface area contributed by atoms with Crippen LogP contribution in [-0.2, 0) is 26.2 Å². The predicted octanol–water partition coefficient (Wildman–Crippen LogP) is 4.66. The molecule has 0 aliphatic rings. The highest BCUT2D eigenvalue weighted by Crippen LogP contribution is 2.27. The second-order valence-corrected chi connectivity index (χ2v) is 11.0. The van der Waals surface area contributed by atoms with Crippen LogP contribution in [0.4, 0.5) is 5.69 Å². The van der Waals surface area contributed by atoms with Crippen LogP contribution in [0.1, 0.15) is 18.1 Å². The Bertz CT molecular complexity index is 1350. The summed E-state index contributed by atoms with van der Waals surface area (Å²) in [5.41, 5.74) is 2.03. The number of anilines is 1. The minimum atomic E-state index is -4.18. The van der Waals surface area contributed by atoms with Crippen molar-refractivity contribution in [3.8, 4) is 0 Å². The van der Waals surface area contributed by atoms with Crippen LogP contribution in [0.5, 0.6) is 0 Å². The number of benzene rings is 3. The van der Waals surface area contributed by atoms with E-state index in [0.717, 1.165) is 15.4 Å². The second kappa shape index (κ2) is 11.8. The summed E-state index contributed by atoms with van der Waals surface area (Å²) in [6.45, 7) is 3.11. The van der Waals surface area contributed by atoms with Gasteiger partial charge in [0.25, 0.3) is 10.0 Å². The van der Waals surface area contributed by atoms with E-state index in [9.17, 15) is 18.0 Å². The molecule has 0 aliphatic heterocycles. The molecular formula is C26H27Cl2N3O4S. The Kier molecular flexibility index (Phi) is 9.00. The van der Waals surface area contributed by atoms with Gasteiger partial charge in [0.1, 0.15) is 12.6 Å². The molecule has 0 aliphatic carbocycles. The Morgan fingerprint density at radius 3 is 2.22 bits per heavy atom. The van der Waals surface area contributed by atoms with E-state index in [-0.39, 0.29) is 23.0 Å². The largest absolute Gasteiger partial charge is 0.357 e. The highest BCUT2D eigenvalue weighted by molar-refractivity contribution is 7.92. The number of nitrogens with zero attached hydrogens (tertiary/aromatic N) is 2. The van der Waals surface area contributed by atoms with Gasteiger partial charge in [-0.2, -0.15) is 0 Å². The van der Waals surface area contributed by atoms with Crippen LogP contribution in [-0.4, -0.2) is 44.8 Å². The van der Waals surface area contributed by atoms with Gasteiger partial charge in [0.2, 0.25) is 11.8 Å². The molecule has 1 atom stereocenters. The first-order valence-corrected chi connectivity index (χ1v) is 13.3. The van der Waals surface area contributed by atoms with Crippen molar-refractivity contribution in [2.24, 2.45) is 0 Å². The van der Waals surface area contributed by atoms with E-state index in [1.165, 1.54) is 42.3 Å². The Labute approximate surface area is 221 Å². The Balaban J connectivity index is 2.03. The first kappa shape index (κ1) is 27.5. The maximum Gasteiger partial charge on any atom is 0.264 e. The fraction of sp³-hybridized carbons (Fsp3) is 0.231. The molecule has 36 heavy (non-hydrogen) atoms. The number of nitrogens with one attached hydrogen (secondary N) is 1. The lowest BCUT2D eigenvalue weighted by Gasteiger charge is -2.32. The number of carbonyl (C=O) groups is 2. The average Bonchev–Trinajstić information content (AvgIpc) is 2.85. The number of likely N-dealkylation sites (N-methyl/N-ethyl adjacent to an activating group) is 1. The van der Waals surface area contributed by atoms with Crippen molar-refractivity contribution in [2.45, 2.75) is 31.3 Å². The molecule has 7 nitrogen and oxygen atoms in total. The van der Waals surface area contributed by atoms with Gasteiger partial charge < -0.3 is 10.2 Å². The summed E-state index contributed by atoms with van der Waals surface area (Å²) < 4.78 is 28.3.